The number of nitrogens with zero attached hydrogens (tertiary/aromatic N) is 4. The number of aliphatic imine (C=N–C) groups is 1. The Bertz CT molecular complexity index is 487. The van der Waals surface area contributed by atoms with Crippen LogP contribution in [0.4, 0.5) is 0 Å². The Balaban J connectivity index is 1.92. The summed E-state index contributed by atoms with van der Waals surface area (Å²) in [7, 11) is 1.89. The first-order valence-electron chi connectivity index (χ1n) is 8.40. The Hall–Kier alpha value is -1.59. The Morgan fingerprint density at radius 1 is 1.41 bits per heavy atom. The molecule has 0 atom stereocenters. The molecule has 0 aliphatic heterocycles. The van der Waals surface area contributed by atoms with Gasteiger partial charge >= 0.3 is 0 Å². The van der Waals surface area contributed by atoms with Gasteiger partial charge < -0.3 is 10.6 Å². The first-order valence-corrected chi connectivity index (χ1v) is 8.40. The van der Waals surface area contributed by atoms with Crippen molar-refractivity contribution in [2.75, 3.05) is 13.1 Å². The first kappa shape index (κ1) is 16.8. The molecule has 1 aliphatic rings. The van der Waals surface area contributed by atoms with Crippen molar-refractivity contribution in [3.8, 4) is 0 Å². The Morgan fingerprint density at radius 2 is 2.18 bits per heavy atom. The van der Waals surface area contributed by atoms with Gasteiger partial charge in [-0.1, -0.05) is 20.3 Å². The summed E-state index contributed by atoms with van der Waals surface area (Å²) in [5.41, 5.74) is 0.467. The van der Waals surface area contributed by atoms with Crippen molar-refractivity contribution in [3.63, 3.8) is 0 Å². The van der Waals surface area contributed by atoms with Gasteiger partial charge in [-0.2, -0.15) is 5.10 Å². The lowest BCUT2D eigenvalue weighted by atomic mass is 9.64. The quantitative estimate of drug-likeness (QED) is 0.598. The van der Waals surface area contributed by atoms with E-state index in [0.29, 0.717) is 12.0 Å². The molecule has 1 fully saturated rings. The Kier molecular flexibility index (Phi) is 5.80. The van der Waals surface area contributed by atoms with E-state index in [0.717, 1.165) is 30.8 Å². The molecular weight excluding hydrogens is 276 g/mol. The highest BCUT2D eigenvalue weighted by molar-refractivity contribution is 5.79. The lowest BCUT2D eigenvalue weighted by Gasteiger charge is -2.43. The minimum Gasteiger partial charge on any atom is -0.357 e. The van der Waals surface area contributed by atoms with Crippen LogP contribution in [-0.2, 0) is 13.6 Å². The molecule has 0 amide bonds. The molecule has 0 bridgehead atoms. The van der Waals surface area contributed by atoms with E-state index >= 15 is 0 Å². The van der Waals surface area contributed by atoms with Crippen molar-refractivity contribution >= 4 is 5.96 Å². The van der Waals surface area contributed by atoms with Crippen LogP contribution in [0.25, 0.3) is 0 Å². The summed E-state index contributed by atoms with van der Waals surface area (Å²) < 4.78 is 1.76. The van der Waals surface area contributed by atoms with E-state index < -0.39 is 0 Å². The van der Waals surface area contributed by atoms with Gasteiger partial charge in [0.15, 0.2) is 5.96 Å². The second kappa shape index (κ2) is 7.61. The van der Waals surface area contributed by atoms with Gasteiger partial charge in [-0.25, -0.2) is 9.98 Å². The molecule has 0 radical (unpaired) electrons. The molecule has 1 aromatic rings. The maximum Gasteiger partial charge on any atom is 0.191 e. The molecule has 6 nitrogen and oxygen atoms in total. The number of hydrogen-bond donors (Lipinski definition) is 2. The zero-order valence-electron chi connectivity index (χ0n) is 14.4. The number of nitrogens with one attached hydrogen (secondary N) is 2. The van der Waals surface area contributed by atoms with Crippen molar-refractivity contribution < 1.29 is 0 Å². The summed E-state index contributed by atoms with van der Waals surface area (Å²) in [5.74, 6) is 2.50. The first-order chi connectivity index (χ1) is 10.5. The molecule has 1 aromatic heterocycles. The minimum atomic E-state index is 0.467. The average Bonchev–Trinajstić information content (AvgIpc) is 2.83. The molecule has 0 unspecified atom stereocenters. The van der Waals surface area contributed by atoms with Gasteiger partial charge in [0.25, 0.3) is 0 Å². The van der Waals surface area contributed by atoms with Crippen molar-refractivity contribution in [3.05, 3.63) is 12.2 Å². The van der Waals surface area contributed by atoms with Crippen LogP contribution in [0.3, 0.4) is 0 Å². The fraction of sp³-hybridized carbons (Fsp3) is 0.812. The maximum absolute atomic E-state index is 4.63. The molecule has 1 heterocycles. The van der Waals surface area contributed by atoms with Gasteiger partial charge in [0.2, 0.25) is 0 Å². The van der Waals surface area contributed by atoms with Crippen LogP contribution in [0.2, 0.25) is 0 Å². The predicted octanol–water partition coefficient (Wildman–Crippen LogP) is 2.09. The molecule has 1 saturated carbocycles. The monoisotopic (exact) mass is 306 g/mol. The van der Waals surface area contributed by atoms with Gasteiger partial charge in [0.05, 0.1) is 0 Å². The number of hydrogen-bond acceptors (Lipinski definition) is 3. The van der Waals surface area contributed by atoms with E-state index in [-0.39, 0.29) is 0 Å². The van der Waals surface area contributed by atoms with E-state index in [4.69, 9.17) is 0 Å². The second-order valence-corrected chi connectivity index (χ2v) is 6.80. The molecular formula is C16H30N6. The van der Waals surface area contributed by atoms with Crippen molar-refractivity contribution in [1.29, 1.82) is 0 Å². The fourth-order valence-electron chi connectivity index (χ4n) is 3.22. The van der Waals surface area contributed by atoms with Gasteiger partial charge in [-0.15, -0.1) is 0 Å². The summed E-state index contributed by atoms with van der Waals surface area (Å²) in [6.07, 6.45) is 6.89. The molecule has 2 N–H and O–H groups in total. The third kappa shape index (κ3) is 4.45. The predicted molar refractivity (Wildman–Crippen MR) is 89.6 cm³/mol. The van der Waals surface area contributed by atoms with Crippen LogP contribution in [0.5, 0.6) is 0 Å². The zero-order chi connectivity index (χ0) is 16.0. The molecule has 22 heavy (non-hydrogen) atoms. The number of aromatic nitrogens is 3. The molecule has 124 valence electrons. The lowest BCUT2D eigenvalue weighted by Crippen LogP contribution is -2.47. The van der Waals surface area contributed by atoms with Gasteiger partial charge in [0, 0.05) is 20.1 Å². The highest BCUT2D eigenvalue weighted by Gasteiger charge is 2.37. The molecule has 0 saturated heterocycles. The van der Waals surface area contributed by atoms with Crippen LogP contribution in [-0.4, -0.2) is 33.8 Å². The van der Waals surface area contributed by atoms with E-state index in [1.807, 2.05) is 7.05 Å². The lowest BCUT2D eigenvalue weighted by molar-refractivity contribution is 0.104. The van der Waals surface area contributed by atoms with E-state index in [1.54, 1.807) is 11.0 Å². The van der Waals surface area contributed by atoms with Gasteiger partial charge in [-0.3, -0.25) is 4.68 Å². The van der Waals surface area contributed by atoms with Crippen molar-refractivity contribution in [2.45, 2.75) is 53.0 Å². The van der Waals surface area contributed by atoms with Crippen LogP contribution >= 0.6 is 0 Å². The summed E-state index contributed by atoms with van der Waals surface area (Å²) in [5, 5.41) is 10.9. The summed E-state index contributed by atoms with van der Waals surface area (Å²) in [6, 6.07) is 0. The van der Waals surface area contributed by atoms with Gasteiger partial charge in [-0.05, 0) is 37.5 Å². The van der Waals surface area contributed by atoms with Crippen LogP contribution in [0, 0.1) is 11.3 Å². The SMILES string of the molecule is CCNC(=NCc1ncnn1C)NCC1(CC(C)C)CCC1. The van der Waals surface area contributed by atoms with Crippen LogP contribution in [0.1, 0.15) is 52.3 Å². The Labute approximate surface area is 133 Å². The Morgan fingerprint density at radius 3 is 2.68 bits per heavy atom. The van der Waals surface area contributed by atoms with Crippen LogP contribution < -0.4 is 10.6 Å². The smallest absolute Gasteiger partial charge is 0.191 e. The van der Waals surface area contributed by atoms with Gasteiger partial charge in [0.1, 0.15) is 18.7 Å². The molecule has 2 rings (SSSR count). The molecule has 0 spiro atoms. The second-order valence-electron chi connectivity index (χ2n) is 6.80. The third-order valence-electron chi connectivity index (χ3n) is 4.41. The highest BCUT2D eigenvalue weighted by Crippen LogP contribution is 2.45. The summed E-state index contributed by atoms with van der Waals surface area (Å²) in [6.45, 7) is 9.13. The van der Waals surface area contributed by atoms with E-state index in [1.165, 1.54) is 25.7 Å². The molecule has 0 aromatic carbocycles. The third-order valence-corrected chi connectivity index (χ3v) is 4.41. The standard InChI is InChI=1S/C16H30N6/c1-5-17-15(18-10-14-20-12-21-22(14)4)19-11-16(7-6-8-16)9-13(2)3/h12-13H,5-11H2,1-4H3,(H2,17,18,19). The fourth-order valence-corrected chi connectivity index (χ4v) is 3.22. The normalized spacial score (nSPS) is 17.4. The summed E-state index contributed by atoms with van der Waals surface area (Å²) >= 11 is 0. The largest absolute Gasteiger partial charge is 0.357 e. The maximum atomic E-state index is 4.63. The number of aryl methyl sites for hydroxylation is 1. The average molecular weight is 306 g/mol. The zero-order valence-corrected chi connectivity index (χ0v) is 14.4. The molecule has 6 heteroatoms. The van der Waals surface area contributed by atoms with E-state index in [9.17, 15) is 0 Å². The topological polar surface area (TPSA) is 67.1 Å². The summed E-state index contributed by atoms with van der Waals surface area (Å²) in [4.78, 5) is 8.84. The van der Waals surface area contributed by atoms with E-state index in [2.05, 4.69) is 46.5 Å². The molecule has 1 aliphatic carbocycles. The van der Waals surface area contributed by atoms with Crippen LogP contribution in [0.15, 0.2) is 11.3 Å². The number of guanidine groups is 1. The highest BCUT2D eigenvalue weighted by atomic mass is 15.3. The number of rotatable bonds is 7. The minimum absolute atomic E-state index is 0.467. The van der Waals surface area contributed by atoms with Crippen molar-refractivity contribution in [1.82, 2.24) is 25.4 Å². The van der Waals surface area contributed by atoms with Crippen molar-refractivity contribution in [2.24, 2.45) is 23.4 Å².